The van der Waals surface area contributed by atoms with Crippen LogP contribution in [0.4, 0.5) is 17.3 Å². The Hall–Kier alpha value is -4.34. The standard InChI is InChI=1S/C20H21N7O3/c1-12-5-3-4-6-15(12)20(29)27-25-18-16(21)17(22-11-23-18)24-26-19(28)13-7-9-14(30-2)10-8-13/h3-11H,21H2,1-2H3,(H,26,28)(H,27,29)(H2,22,23,24,25). The predicted octanol–water partition coefficient (Wildman–Crippen LogP) is 1.89. The fourth-order valence-electron chi connectivity index (χ4n) is 2.54. The molecule has 3 aromatic rings. The number of methoxy groups -OCH3 is 1. The highest BCUT2D eigenvalue weighted by atomic mass is 16.5. The molecule has 3 rings (SSSR count). The van der Waals surface area contributed by atoms with Gasteiger partial charge in [-0.25, -0.2) is 9.97 Å². The molecule has 1 heterocycles. The van der Waals surface area contributed by atoms with Gasteiger partial charge in [-0.05, 0) is 42.8 Å². The first-order chi connectivity index (χ1) is 14.5. The maximum absolute atomic E-state index is 12.3. The van der Waals surface area contributed by atoms with Crippen LogP contribution in [0.5, 0.6) is 5.75 Å². The second-order valence-corrected chi connectivity index (χ2v) is 6.19. The number of ether oxygens (including phenoxy) is 1. The van der Waals surface area contributed by atoms with Gasteiger partial charge in [0.25, 0.3) is 11.8 Å². The zero-order chi connectivity index (χ0) is 21.5. The number of anilines is 3. The van der Waals surface area contributed by atoms with Crippen molar-refractivity contribution in [3.63, 3.8) is 0 Å². The molecule has 0 aliphatic heterocycles. The Bertz CT molecular complexity index is 1050. The average molecular weight is 407 g/mol. The number of nitrogens with one attached hydrogen (secondary N) is 4. The minimum absolute atomic E-state index is 0.109. The van der Waals surface area contributed by atoms with Crippen molar-refractivity contribution in [3.8, 4) is 5.75 Å². The zero-order valence-electron chi connectivity index (χ0n) is 16.4. The molecule has 0 saturated carbocycles. The van der Waals surface area contributed by atoms with Crippen LogP contribution in [0.2, 0.25) is 0 Å². The Kier molecular flexibility index (Phi) is 6.28. The lowest BCUT2D eigenvalue weighted by molar-refractivity contribution is 0.0954. The first-order valence-corrected chi connectivity index (χ1v) is 8.92. The van der Waals surface area contributed by atoms with Gasteiger partial charge >= 0.3 is 0 Å². The summed E-state index contributed by atoms with van der Waals surface area (Å²) in [7, 11) is 1.55. The number of rotatable bonds is 7. The summed E-state index contributed by atoms with van der Waals surface area (Å²) in [6.45, 7) is 1.83. The minimum Gasteiger partial charge on any atom is -0.497 e. The lowest BCUT2D eigenvalue weighted by Crippen LogP contribution is -2.32. The molecule has 2 amide bonds. The predicted molar refractivity (Wildman–Crippen MR) is 113 cm³/mol. The van der Waals surface area contributed by atoms with Crippen LogP contribution in [0, 0.1) is 6.92 Å². The van der Waals surface area contributed by atoms with Crippen molar-refractivity contribution in [3.05, 3.63) is 71.5 Å². The number of nitrogens with two attached hydrogens (primary N) is 1. The molecule has 10 nitrogen and oxygen atoms in total. The van der Waals surface area contributed by atoms with E-state index in [1.807, 2.05) is 19.1 Å². The van der Waals surface area contributed by atoms with E-state index in [2.05, 4.69) is 31.7 Å². The molecule has 154 valence electrons. The molecule has 0 spiro atoms. The maximum Gasteiger partial charge on any atom is 0.269 e. The van der Waals surface area contributed by atoms with Crippen molar-refractivity contribution in [2.75, 3.05) is 23.7 Å². The summed E-state index contributed by atoms with van der Waals surface area (Å²) >= 11 is 0. The van der Waals surface area contributed by atoms with Gasteiger partial charge in [0.1, 0.15) is 17.8 Å². The first-order valence-electron chi connectivity index (χ1n) is 8.92. The van der Waals surface area contributed by atoms with Crippen molar-refractivity contribution in [2.24, 2.45) is 0 Å². The van der Waals surface area contributed by atoms with E-state index in [9.17, 15) is 9.59 Å². The number of aromatic nitrogens is 2. The van der Waals surface area contributed by atoms with Crippen LogP contribution >= 0.6 is 0 Å². The Morgan fingerprint density at radius 1 is 0.900 bits per heavy atom. The van der Waals surface area contributed by atoms with Crippen LogP contribution in [0.1, 0.15) is 26.3 Å². The summed E-state index contributed by atoms with van der Waals surface area (Å²) < 4.78 is 5.06. The van der Waals surface area contributed by atoms with Gasteiger partial charge in [-0.3, -0.25) is 31.3 Å². The van der Waals surface area contributed by atoms with E-state index >= 15 is 0 Å². The van der Waals surface area contributed by atoms with Gasteiger partial charge in [0.05, 0.1) is 7.11 Å². The number of carbonyl (C=O) groups is 2. The summed E-state index contributed by atoms with van der Waals surface area (Å²) in [6.07, 6.45) is 1.24. The molecular weight excluding hydrogens is 386 g/mol. The molecule has 1 aromatic heterocycles. The third kappa shape index (κ3) is 4.73. The fraction of sp³-hybridized carbons (Fsp3) is 0.100. The van der Waals surface area contributed by atoms with Crippen molar-refractivity contribution in [2.45, 2.75) is 6.92 Å². The van der Waals surface area contributed by atoms with Crippen molar-refractivity contribution >= 4 is 29.1 Å². The molecule has 0 aliphatic carbocycles. The number of benzene rings is 2. The molecule has 0 saturated heterocycles. The number of amides is 2. The van der Waals surface area contributed by atoms with E-state index in [0.717, 1.165) is 5.56 Å². The summed E-state index contributed by atoms with van der Waals surface area (Å²) in [4.78, 5) is 32.6. The molecule has 0 radical (unpaired) electrons. The molecule has 0 aliphatic rings. The van der Waals surface area contributed by atoms with Crippen LogP contribution in [0.25, 0.3) is 0 Å². The van der Waals surface area contributed by atoms with E-state index in [-0.39, 0.29) is 23.2 Å². The van der Waals surface area contributed by atoms with Gasteiger partial charge in [0, 0.05) is 11.1 Å². The second-order valence-electron chi connectivity index (χ2n) is 6.19. The topological polar surface area (TPSA) is 143 Å². The van der Waals surface area contributed by atoms with E-state index in [1.54, 1.807) is 43.5 Å². The Labute approximate surface area is 172 Å². The summed E-state index contributed by atoms with van der Waals surface area (Å²) in [5, 5.41) is 0. The molecule has 0 bridgehead atoms. The smallest absolute Gasteiger partial charge is 0.269 e. The van der Waals surface area contributed by atoms with E-state index < -0.39 is 5.91 Å². The number of aryl methyl sites for hydroxylation is 1. The summed E-state index contributed by atoms with van der Waals surface area (Å²) in [5.41, 5.74) is 18.3. The summed E-state index contributed by atoms with van der Waals surface area (Å²) in [5.74, 6) is 0.252. The van der Waals surface area contributed by atoms with Gasteiger partial charge in [-0.2, -0.15) is 0 Å². The first kappa shape index (κ1) is 20.4. The molecule has 0 unspecified atom stereocenters. The summed E-state index contributed by atoms with van der Waals surface area (Å²) in [6, 6.07) is 13.7. The van der Waals surface area contributed by atoms with Gasteiger partial charge in [-0.15, -0.1) is 0 Å². The number of hydrogen-bond acceptors (Lipinski definition) is 8. The number of hydrogen-bond donors (Lipinski definition) is 5. The highest BCUT2D eigenvalue weighted by Crippen LogP contribution is 2.21. The molecule has 2 aromatic carbocycles. The van der Waals surface area contributed by atoms with Crippen LogP contribution in [0.15, 0.2) is 54.9 Å². The molecule has 0 atom stereocenters. The fourth-order valence-corrected chi connectivity index (χ4v) is 2.54. The zero-order valence-corrected chi connectivity index (χ0v) is 16.4. The van der Waals surface area contributed by atoms with Crippen LogP contribution in [0.3, 0.4) is 0 Å². The van der Waals surface area contributed by atoms with Crippen LogP contribution in [-0.4, -0.2) is 28.9 Å². The lowest BCUT2D eigenvalue weighted by atomic mass is 10.1. The van der Waals surface area contributed by atoms with Gasteiger partial charge in [-0.1, -0.05) is 18.2 Å². The van der Waals surface area contributed by atoms with E-state index in [0.29, 0.717) is 16.9 Å². The van der Waals surface area contributed by atoms with Gasteiger partial charge in [0.15, 0.2) is 11.6 Å². The third-order valence-corrected chi connectivity index (χ3v) is 4.21. The monoisotopic (exact) mass is 407 g/mol. The lowest BCUT2D eigenvalue weighted by Gasteiger charge is -2.14. The maximum atomic E-state index is 12.3. The van der Waals surface area contributed by atoms with Crippen molar-refractivity contribution < 1.29 is 14.3 Å². The van der Waals surface area contributed by atoms with E-state index in [1.165, 1.54) is 6.33 Å². The molecular formula is C20H21N7O3. The SMILES string of the molecule is COc1ccc(C(=O)NNc2ncnc(NNC(=O)c3ccccc3C)c2N)cc1. The molecule has 10 heteroatoms. The molecule has 30 heavy (non-hydrogen) atoms. The van der Waals surface area contributed by atoms with E-state index in [4.69, 9.17) is 10.5 Å². The highest BCUT2D eigenvalue weighted by Gasteiger charge is 2.12. The molecule has 6 N–H and O–H groups in total. The minimum atomic E-state index is -0.391. The number of nitrogen functional groups attached to an aromatic ring is 1. The largest absolute Gasteiger partial charge is 0.497 e. The van der Waals surface area contributed by atoms with Crippen molar-refractivity contribution in [1.82, 2.24) is 20.8 Å². The van der Waals surface area contributed by atoms with Crippen LogP contribution in [-0.2, 0) is 0 Å². The highest BCUT2D eigenvalue weighted by molar-refractivity contribution is 5.97. The second kappa shape index (κ2) is 9.24. The Morgan fingerprint density at radius 3 is 2.10 bits per heavy atom. The quantitative estimate of drug-likeness (QED) is 0.374. The number of nitrogens with zero attached hydrogens (tertiary/aromatic N) is 2. The number of carbonyl (C=O) groups excluding carboxylic acids is 2. The third-order valence-electron chi connectivity index (χ3n) is 4.21. The Balaban J connectivity index is 1.62. The molecule has 0 fully saturated rings. The Morgan fingerprint density at radius 2 is 1.50 bits per heavy atom. The normalized spacial score (nSPS) is 10.1. The van der Waals surface area contributed by atoms with Crippen molar-refractivity contribution in [1.29, 1.82) is 0 Å². The van der Waals surface area contributed by atoms with Gasteiger partial charge in [0.2, 0.25) is 0 Å². The van der Waals surface area contributed by atoms with Gasteiger partial charge < -0.3 is 10.5 Å². The number of hydrazine groups is 2. The van der Waals surface area contributed by atoms with Crippen LogP contribution < -0.4 is 32.2 Å². The average Bonchev–Trinajstić information content (AvgIpc) is 2.77.